The summed E-state index contributed by atoms with van der Waals surface area (Å²) in [6.45, 7) is 3.72. The molecule has 5 nitrogen and oxygen atoms in total. The first-order valence-corrected chi connectivity index (χ1v) is 6.26. The number of carbonyl (C=O) groups is 1. The van der Waals surface area contributed by atoms with Crippen molar-refractivity contribution in [3.05, 3.63) is 48.4 Å². The number of nitrogens with one attached hydrogen (secondary N) is 1. The van der Waals surface area contributed by atoms with Crippen LogP contribution >= 0.6 is 0 Å². The minimum Gasteiger partial charge on any atom is -0.497 e. The number of nitrogens with zero attached hydrogens (tertiary/aromatic N) is 2. The number of aromatic nitrogens is 2. The number of carbonyl (C=O) groups excluding carboxylic acids is 1. The zero-order valence-corrected chi connectivity index (χ0v) is 11.8. The van der Waals surface area contributed by atoms with Crippen molar-refractivity contribution in [2.24, 2.45) is 0 Å². The molecule has 0 spiro atoms. The lowest BCUT2D eigenvalue weighted by atomic mass is 9.83. The highest BCUT2D eigenvalue weighted by atomic mass is 16.5. The van der Waals surface area contributed by atoms with Gasteiger partial charge in [-0.2, -0.15) is 0 Å². The van der Waals surface area contributed by atoms with Crippen LogP contribution < -0.4 is 10.1 Å². The van der Waals surface area contributed by atoms with E-state index < -0.39 is 5.41 Å². The number of amides is 1. The molecule has 1 N–H and O–H groups in total. The first-order valence-electron chi connectivity index (χ1n) is 6.26. The Bertz CT molecular complexity index is 580. The van der Waals surface area contributed by atoms with E-state index in [9.17, 15) is 4.79 Å². The first kappa shape index (κ1) is 14.0. The summed E-state index contributed by atoms with van der Waals surface area (Å²) in [6.07, 6.45) is 4.61. The van der Waals surface area contributed by atoms with E-state index in [0.29, 0.717) is 5.82 Å². The lowest BCUT2D eigenvalue weighted by Gasteiger charge is -2.24. The molecule has 0 saturated carbocycles. The highest BCUT2D eigenvalue weighted by molar-refractivity contribution is 5.97. The monoisotopic (exact) mass is 271 g/mol. The van der Waals surface area contributed by atoms with Crippen LogP contribution in [0.25, 0.3) is 0 Å². The normalized spacial score (nSPS) is 10.9. The minimum absolute atomic E-state index is 0.136. The molecule has 1 heterocycles. The van der Waals surface area contributed by atoms with Gasteiger partial charge in [0, 0.05) is 12.4 Å². The maximum absolute atomic E-state index is 12.4. The third kappa shape index (κ3) is 2.93. The molecule has 0 fully saturated rings. The number of methoxy groups -OCH3 is 1. The van der Waals surface area contributed by atoms with E-state index in [1.807, 2.05) is 38.1 Å². The van der Waals surface area contributed by atoms with E-state index in [1.165, 1.54) is 12.4 Å². The molecular formula is C15H17N3O2. The summed E-state index contributed by atoms with van der Waals surface area (Å²) in [5, 5.41) is 2.77. The van der Waals surface area contributed by atoms with Crippen molar-refractivity contribution in [3.8, 4) is 5.75 Å². The summed E-state index contributed by atoms with van der Waals surface area (Å²) in [6, 6.07) is 7.45. The van der Waals surface area contributed by atoms with Crippen LogP contribution in [0.15, 0.2) is 42.9 Å². The van der Waals surface area contributed by atoms with Gasteiger partial charge in [-0.3, -0.25) is 9.78 Å². The van der Waals surface area contributed by atoms with Gasteiger partial charge in [0.15, 0.2) is 5.82 Å². The summed E-state index contributed by atoms with van der Waals surface area (Å²) in [4.78, 5) is 20.3. The second kappa shape index (κ2) is 5.69. The molecule has 0 aliphatic rings. The Kier molecular flexibility index (Phi) is 3.98. The van der Waals surface area contributed by atoms with E-state index in [4.69, 9.17) is 4.74 Å². The van der Waals surface area contributed by atoms with Crippen molar-refractivity contribution in [2.45, 2.75) is 19.3 Å². The Hall–Kier alpha value is -2.43. The SMILES string of the molecule is COc1ccc(C(C)(C)C(=O)Nc2cnccn2)cc1. The summed E-state index contributed by atoms with van der Waals surface area (Å²) in [5.41, 5.74) is 0.226. The number of rotatable bonds is 4. The van der Waals surface area contributed by atoms with Gasteiger partial charge in [0.05, 0.1) is 18.7 Å². The summed E-state index contributed by atoms with van der Waals surface area (Å²) in [5.74, 6) is 1.07. The summed E-state index contributed by atoms with van der Waals surface area (Å²) < 4.78 is 5.12. The molecule has 2 aromatic rings. The van der Waals surface area contributed by atoms with Crippen LogP contribution in [0, 0.1) is 0 Å². The predicted molar refractivity (Wildman–Crippen MR) is 76.7 cm³/mol. The van der Waals surface area contributed by atoms with E-state index >= 15 is 0 Å². The van der Waals surface area contributed by atoms with Crippen LogP contribution in [0.3, 0.4) is 0 Å². The third-order valence-corrected chi connectivity index (χ3v) is 3.18. The molecule has 0 atom stereocenters. The Balaban J connectivity index is 2.18. The Morgan fingerprint density at radius 3 is 2.45 bits per heavy atom. The van der Waals surface area contributed by atoms with Gasteiger partial charge in [-0.1, -0.05) is 12.1 Å². The molecule has 0 aliphatic heterocycles. The van der Waals surface area contributed by atoms with Gasteiger partial charge < -0.3 is 10.1 Å². The molecule has 1 aromatic carbocycles. The molecular weight excluding hydrogens is 254 g/mol. The van der Waals surface area contributed by atoms with E-state index in [-0.39, 0.29) is 5.91 Å². The molecule has 0 unspecified atom stereocenters. The second-order valence-electron chi connectivity index (χ2n) is 4.90. The van der Waals surface area contributed by atoms with Crippen molar-refractivity contribution in [1.82, 2.24) is 9.97 Å². The van der Waals surface area contributed by atoms with E-state index in [0.717, 1.165) is 11.3 Å². The van der Waals surface area contributed by atoms with Gasteiger partial charge in [0.25, 0.3) is 0 Å². The zero-order valence-electron chi connectivity index (χ0n) is 11.8. The van der Waals surface area contributed by atoms with Crippen LogP contribution in [-0.4, -0.2) is 23.0 Å². The summed E-state index contributed by atoms with van der Waals surface area (Å²) >= 11 is 0. The summed E-state index contributed by atoms with van der Waals surface area (Å²) in [7, 11) is 1.61. The quantitative estimate of drug-likeness (QED) is 0.927. The molecule has 0 radical (unpaired) electrons. The van der Waals surface area contributed by atoms with Crippen LogP contribution in [0.5, 0.6) is 5.75 Å². The maximum atomic E-state index is 12.4. The average molecular weight is 271 g/mol. The van der Waals surface area contributed by atoms with Gasteiger partial charge in [0.1, 0.15) is 5.75 Å². The number of hydrogen-bond acceptors (Lipinski definition) is 4. The molecule has 0 saturated heterocycles. The van der Waals surface area contributed by atoms with Crippen molar-refractivity contribution < 1.29 is 9.53 Å². The highest BCUT2D eigenvalue weighted by Crippen LogP contribution is 2.26. The number of hydrogen-bond donors (Lipinski definition) is 1. The zero-order chi connectivity index (χ0) is 14.6. The molecule has 1 amide bonds. The van der Waals surface area contributed by atoms with Gasteiger partial charge in [0.2, 0.25) is 5.91 Å². The van der Waals surface area contributed by atoms with Crippen LogP contribution in [0.4, 0.5) is 5.82 Å². The van der Waals surface area contributed by atoms with E-state index in [1.54, 1.807) is 13.3 Å². The fourth-order valence-electron chi connectivity index (χ4n) is 1.77. The molecule has 5 heteroatoms. The lowest BCUT2D eigenvalue weighted by Crippen LogP contribution is -2.35. The predicted octanol–water partition coefficient (Wildman–Crippen LogP) is 2.40. The molecule has 20 heavy (non-hydrogen) atoms. The first-order chi connectivity index (χ1) is 9.54. The Labute approximate surface area is 118 Å². The Morgan fingerprint density at radius 2 is 1.90 bits per heavy atom. The molecule has 1 aromatic heterocycles. The van der Waals surface area contributed by atoms with Gasteiger partial charge in [-0.25, -0.2) is 4.98 Å². The second-order valence-corrected chi connectivity index (χ2v) is 4.90. The van der Waals surface area contributed by atoms with E-state index in [2.05, 4.69) is 15.3 Å². The number of ether oxygens (including phenoxy) is 1. The maximum Gasteiger partial charge on any atom is 0.235 e. The van der Waals surface area contributed by atoms with Crippen LogP contribution in [0.2, 0.25) is 0 Å². The molecule has 2 rings (SSSR count). The average Bonchev–Trinajstić information content (AvgIpc) is 2.48. The highest BCUT2D eigenvalue weighted by Gasteiger charge is 2.30. The van der Waals surface area contributed by atoms with Crippen molar-refractivity contribution in [2.75, 3.05) is 12.4 Å². The Morgan fingerprint density at radius 1 is 1.20 bits per heavy atom. The topological polar surface area (TPSA) is 64.1 Å². The fraction of sp³-hybridized carbons (Fsp3) is 0.267. The van der Waals surface area contributed by atoms with Crippen molar-refractivity contribution in [3.63, 3.8) is 0 Å². The fourth-order valence-corrected chi connectivity index (χ4v) is 1.77. The van der Waals surface area contributed by atoms with Crippen LogP contribution in [-0.2, 0) is 10.2 Å². The minimum atomic E-state index is -0.677. The smallest absolute Gasteiger partial charge is 0.235 e. The van der Waals surface area contributed by atoms with Crippen molar-refractivity contribution >= 4 is 11.7 Å². The van der Waals surface area contributed by atoms with Gasteiger partial charge in [-0.15, -0.1) is 0 Å². The number of benzene rings is 1. The van der Waals surface area contributed by atoms with Crippen LogP contribution in [0.1, 0.15) is 19.4 Å². The molecule has 104 valence electrons. The van der Waals surface area contributed by atoms with Gasteiger partial charge >= 0.3 is 0 Å². The number of anilines is 1. The molecule has 0 bridgehead atoms. The third-order valence-electron chi connectivity index (χ3n) is 3.18. The standard InChI is InChI=1S/C15H17N3O2/c1-15(2,11-4-6-12(20-3)7-5-11)14(19)18-13-10-16-8-9-17-13/h4-10H,1-3H3,(H,17,18,19). The largest absolute Gasteiger partial charge is 0.497 e. The van der Waals surface area contributed by atoms with Crippen molar-refractivity contribution in [1.29, 1.82) is 0 Å². The van der Waals surface area contributed by atoms with Gasteiger partial charge in [-0.05, 0) is 31.5 Å². The molecule has 0 aliphatic carbocycles. The lowest BCUT2D eigenvalue weighted by molar-refractivity contribution is -0.120.